The minimum Gasteiger partial charge on any atom is -0.392 e. The van der Waals surface area contributed by atoms with Crippen molar-refractivity contribution >= 4 is 17.3 Å². The van der Waals surface area contributed by atoms with Gasteiger partial charge in [0.2, 0.25) is 5.91 Å². The van der Waals surface area contributed by atoms with Gasteiger partial charge in [0.15, 0.2) is 0 Å². The number of carbonyl (C=O) groups excluding carboxylic acids is 1. The number of anilines is 1. The molecule has 2 N–H and O–H groups in total. The Labute approximate surface area is 122 Å². The van der Waals surface area contributed by atoms with E-state index in [1.165, 1.54) is 12.1 Å². The molecule has 114 valence electrons. The summed E-state index contributed by atoms with van der Waals surface area (Å²) in [6.45, 7) is 2.83. The number of amides is 1. The molecule has 1 unspecified atom stereocenters. The number of benzene rings is 1. The van der Waals surface area contributed by atoms with Gasteiger partial charge < -0.3 is 15.3 Å². The van der Waals surface area contributed by atoms with Crippen LogP contribution in [0, 0.1) is 15.5 Å². The normalized spacial score (nSPS) is 21.4. The molecule has 0 bridgehead atoms. The average molecular weight is 293 g/mol. The van der Waals surface area contributed by atoms with E-state index in [-0.39, 0.29) is 18.2 Å². The van der Waals surface area contributed by atoms with Gasteiger partial charge in [-0.2, -0.15) is 0 Å². The lowest BCUT2D eigenvalue weighted by Crippen LogP contribution is -2.39. The van der Waals surface area contributed by atoms with E-state index >= 15 is 0 Å². The number of nitrogens with one attached hydrogen (secondary N) is 1. The van der Waals surface area contributed by atoms with Gasteiger partial charge in [0.25, 0.3) is 5.69 Å². The highest BCUT2D eigenvalue weighted by molar-refractivity contribution is 5.83. The maximum atomic E-state index is 11.9. The second-order valence-electron chi connectivity index (χ2n) is 5.54. The van der Waals surface area contributed by atoms with Gasteiger partial charge >= 0.3 is 0 Å². The van der Waals surface area contributed by atoms with Crippen LogP contribution in [-0.4, -0.2) is 36.1 Å². The molecule has 1 aliphatic heterocycles. The van der Waals surface area contributed by atoms with E-state index in [1.54, 1.807) is 13.1 Å². The molecule has 1 amide bonds. The Morgan fingerprint density at radius 2 is 2.29 bits per heavy atom. The monoisotopic (exact) mass is 293 g/mol. The van der Waals surface area contributed by atoms with Gasteiger partial charge in [-0.1, -0.05) is 0 Å². The fourth-order valence-electron chi connectivity index (χ4n) is 2.77. The summed E-state index contributed by atoms with van der Waals surface area (Å²) in [5, 5.41) is 22.9. The largest absolute Gasteiger partial charge is 0.392 e. The van der Waals surface area contributed by atoms with Gasteiger partial charge in [-0.05, 0) is 19.4 Å². The lowest BCUT2D eigenvalue weighted by molar-refractivity contribution is -0.384. The van der Waals surface area contributed by atoms with Crippen LogP contribution in [0.15, 0.2) is 18.2 Å². The Morgan fingerprint density at radius 3 is 2.86 bits per heavy atom. The molecule has 7 heteroatoms. The third kappa shape index (κ3) is 2.82. The first-order valence-corrected chi connectivity index (χ1v) is 6.76. The molecule has 0 aliphatic carbocycles. The van der Waals surface area contributed by atoms with Crippen molar-refractivity contribution < 1.29 is 14.8 Å². The van der Waals surface area contributed by atoms with Crippen molar-refractivity contribution in [3.05, 3.63) is 33.9 Å². The Kier molecular flexibility index (Phi) is 4.13. The first-order valence-electron chi connectivity index (χ1n) is 6.76. The van der Waals surface area contributed by atoms with Gasteiger partial charge in [-0.3, -0.25) is 14.9 Å². The van der Waals surface area contributed by atoms with Crippen LogP contribution in [0.3, 0.4) is 0 Å². The van der Waals surface area contributed by atoms with Gasteiger partial charge in [-0.25, -0.2) is 0 Å². The molecular weight excluding hydrogens is 274 g/mol. The number of nitro benzene ring substituents is 1. The van der Waals surface area contributed by atoms with Gasteiger partial charge in [0, 0.05) is 43.5 Å². The van der Waals surface area contributed by atoms with Crippen molar-refractivity contribution in [2.75, 3.05) is 25.0 Å². The van der Waals surface area contributed by atoms with E-state index in [4.69, 9.17) is 0 Å². The molecule has 7 nitrogen and oxygen atoms in total. The van der Waals surface area contributed by atoms with Crippen LogP contribution >= 0.6 is 0 Å². The third-order valence-corrected chi connectivity index (χ3v) is 4.03. The van der Waals surface area contributed by atoms with Crippen molar-refractivity contribution in [3.63, 3.8) is 0 Å². The van der Waals surface area contributed by atoms with E-state index in [2.05, 4.69) is 5.32 Å². The Balaban J connectivity index is 2.28. The summed E-state index contributed by atoms with van der Waals surface area (Å²) in [5.74, 6) is -0.0162. The van der Waals surface area contributed by atoms with E-state index in [9.17, 15) is 20.0 Å². The fourth-order valence-corrected chi connectivity index (χ4v) is 2.77. The summed E-state index contributed by atoms with van der Waals surface area (Å²) < 4.78 is 0. The first-order chi connectivity index (χ1) is 9.91. The predicted octanol–water partition coefficient (Wildman–Crippen LogP) is 1.05. The minimum atomic E-state index is -0.485. The fraction of sp³-hybridized carbons (Fsp3) is 0.500. The van der Waals surface area contributed by atoms with Crippen LogP contribution in [0.2, 0.25) is 0 Å². The van der Waals surface area contributed by atoms with Crippen LogP contribution in [0.1, 0.15) is 18.9 Å². The summed E-state index contributed by atoms with van der Waals surface area (Å²) in [6, 6.07) is 4.44. The molecule has 0 saturated carbocycles. The summed E-state index contributed by atoms with van der Waals surface area (Å²) >= 11 is 0. The molecule has 1 aromatic rings. The van der Waals surface area contributed by atoms with E-state index in [0.717, 1.165) is 5.69 Å². The molecule has 0 radical (unpaired) electrons. The molecule has 1 fully saturated rings. The number of nitro groups is 1. The lowest BCUT2D eigenvalue weighted by atomic mass is 9.89. The Hall–Kier alpha value is -2.15. The zero-order chi connectivity index (χ0) is 15.6. The smallest absolute Gasteiger partial charge is 0.269 e. The quantitative estimate of drug-likeness (QED) is 0.639. The molecule has 1 aliphatic rings. The molecule has 1 saturated heterocycles. The average Bonchev–Trinajstić information content (AvgIpc) is 2.89. The Bertz CT molecular complexity index is 575. The maximum absolute atomic E-state index is 11.9. The summed E-state index contributed by atoms with van der Waals surface area (Å²) in [4.78, 5) is 24.2. The summed E-state index contributed by atoms with van der Waals surface area (Å²) in [7, 11) is 1.61. The predicted molar refractivity (Wildman–Crippen MR) is 78.0 cm³/mol. The number of hydrogen-bond acceptors (Lipinski definition) is 5. The molecule has 1 heterocycles. The van der Waals surface area contributed by atoms with Crippen LogP contribution in [0.4, 0.5) is 11.4 Å². The SMILES string of the molecule is CNC(=O)C1(C)CCN(c2ccc([N+](=O)[O-])cc2CO)C1. The number of carbonyl (C=O) groups is 1. The first kappa shape index (κ1) is 15.2. The number of non-ortho nitro benzene ring substituents is 1. The van der Waals surface area contributed by atoms with E-state index in [0.29, 0.717) is 25.1 Å². The Morgan fingerprint density at radius 1 is 1.57 bits per heavy atom. The topological polar surface area (TPSA) is 95.7 Å². The van der Waals surface area contributed by atoms with Crippen molar-refractivity contribution in [3.8, 4) is 0 Å². The van der Waals surface area contributed by atoms with Gasteiger partial charge in [-0.15, -0.1) is 0 Å². The molecule has 2 rings (SSSR count). The number of aliphatic hydroxyl groups is 1. The maximum Gasteiger partial charge on any atom is 0.269 e. The summed E-state index contributed by atoms with van der Waals surface area (Å²) in [5.41, 5.74) is 0.723. The van der Waals surface area contributed by atoms with Crippen LogP contribution in [-0.2, 0) is 11.4 Å². The second kappa shape index (κ2) is 5.69. The molecule has 21 heavy (non-hydrogen) atoms. The third-order valence-electron chi connectivity index (χ3n) is 4.03. The second-order valence-corrected chi connectivity index (χ2v) is 5.54. The highest BCUT2D eigenvalue weighted by Gasteiger charge is 2.40. The van der Waals surface area contributed by atoms with Crippen LogP contribution in [0.5, 0.6) is 0 Å². The van der Waals surface area contributed by atoms with Gasteiger partial charge in [0.05, 0.1) is 16.9 Å². The zero-order valence-corrected chi connectivity index (χ0v) is 12.1. The van der Waals surface area contributed by atoms with E-state index in [1.807, 2.05) is 11.8 Å². The molecule has 1 aromatic carbocycles. The van der Waals surface area contributed by atoms with E-state index < -0.39 is 10.3 Å². The van der Waals surface area contributed by atoms with Crippen molar-refractivity contribution in [1.29, 1.82) is 0 Å². The van der Waals surface area contributed by atoms with Gasteiger partial charge in [0.1, 0.15) is 0 Å². The molecule has 0 aromatic heterocycles. The van der Waals surface area contributed by atoms with Crippen molar-refractivity contribution in [2.45, 2.75) is 20.0 Å². The highest BCUT2D eigenvalue weighted by Crippen LogP contribution is 2.36. The molecule has 1 atom stereocenters. The summed E-state index contributed by atoms with van der Waals surface area (Å²) in [6.07, 6.45) is 0.703. The van der Waals surface area contributed by atoms with Crippen LogP contribution in [0.25, 0.3) is 0 Å². The molecule has 0 spiro atoms. The molecular formula is C14H19N3O4. The highest BCUT2D eigenvalue weighted by atomic mass is 16.6. The standard InChI is InChI=1S/C14H19N3O4/c1-14(13(19)15-2)5-6-16(9-14)12-4-3-11(17(20)21)7-10(12)8-18/h3-4,7,18H,5-6,8-9H2,1-2H3,(H,15,19). The van der Waals surface area contributed by atoms with Crippen molar-refractivity contribution in [2.24, 2.45) is 5.41 Å². The van der Waals surface area contributed by atoms with Crippen LogP contribution < -0.4 is 10.2 Å². The zero-order valence-electron chi connectivity index (χ0n) is 12.1. The lowest BCUT2D eigenvalue weighted by Gasteiger charge is -2.25. The number of nitrogens with zero attached hydrogens (tertiary/aromatic N) is 2. The number of aliphatic hydroxyl groups excluding tert-OH is 1. The van der Waals surface area contributed by atoms with Crippen molar-refractivity contribution in [1.82, 2.24) is 5.32 Å². The minimum absolute atomic E-state index is 0.0162. The number of hydrogen-bond donors (Lipinski definition) is 2. The number of rotatable bonds is 4.